The molecule has 0 heterocycles. The first-order valence-electron chi connectivity index (χ1n) is 6.35. The normalized spacial score (nSPS) is 11.3. The highest BCUT2D eigenvalue weighted by atomic mass is 35.5. The van der Waals surface area contributed by atoms with Crippen molar-refractivity contribution in [1.29, 1.82) is 0 Å². The highest BCUT2D eigenvalue weighted by Gasteiger charge is 2.23. The Morgan fingerprint density at radius 2 is 1.87 bits per heavy atom. The number of anilines is 1. The van der Waals surface area contributed by atoms with E-state index in [9.17, 15) is 22.9 Å². The minimum atomic E-state index is -4.20. The smallest absolute Gasteiger partial charge is 0.271 e. The molecule has 2 aromatic rings. The van der Waals surface area contributed by atoms with Crippen molar-refractivity contribution in [3.05, 3.63) is 62.4 Å². The average Bonchev–Trinajstić information content (AvgIpc) is 2.44. The van der Waals surface area contributed by atoms with Crippen LogP contribution in [-0.4, -0.2) is 13.3 Å². The molecular formula is C14H12ClFN2O4S. The number of nitrogens with zero attached hydrogens (tertiary/aromatic N) is 1. The van der Waals surface area contributed by atoms with E-state index in [-0.39, 0.29) is 21.3 Å². The zero-order valence-corrected chi connectivity index (χ0v) is 13.7. The van der Waals surface area contributed by atoms with E-state index in [1.54, 1.807) is 6.92 Å². The van der Waals surface area contributed by atoms with Crippen molar-refractivity contribution < 1.29 is 17.7 Å². The van der Waals surface area contributed by atoms with Crippen LogP contribution in [0.15, 0.2) is 35.2 Å². The highest BCUT2D eigenvalue weighted by Crippen LogP contribution is 2.28. The summed E-state index contributed by atoms with van der Waals surface area (Å²) in [5, 5.41) is 11.0. The van der Waals surface area contributed by atoms with Crippen LogP contribution in [-0.2, 0) is 10.0 Å². The largest absolute Gasteiger partial charge is 0.277 e. The monoisotopic (exact) mass is 358 g/mol. The minimum absolute atomic E-state index is 0.118. The van der Waals surface area contributed by atoms with E-state index in [1.807, 2.05) is 0 Å². The number of hydrogen-bond acceptors (Lipinski definition) is 4. The number of nitrogens with one attached hydrogen (secondary N) is 1. The summed E-state index contributed by atoms with van der Waals surface area (Å²) in [5.74, 6) is -0.846. The Morgan fingerprint density at radius 3 is 2.43 bits per heavy atom. The third kappa shape index (κ3) is 3.59. The quantitative estimate of drug-likeness (QED) is 0.664. The van der Waals surface area contributed by atoms with Crippen molar-refractivity contribution in [1.82, 2.24) is 0 Å². The van der Waals surface area contributed by atoms with Gasteiger partial charge < -0.3 is 0 Å². The molecule has 0 spiro atoms. The molecule has 0 aliphatic rings. The molecule has 23 heavy (non-hydrogen) atoms. The van der Waals surface area contributed by atoms with E-state index in [0.717, 1.165) is 12.1 Å². The summed E-state index contributed by atoms with van der Waals surface area (Å²) in [5.41, 5.74) is 0.136. The second kappa shape index (κ2) is 6.13. The lowest BCUT2D eigenvalue weighted by Gasteiger charge is -2.12. The molecule has 0 amide bonds. The van der Waals surface area contributed by atoms with Gasteiger partial charge in [-0.3, -0.25) is 14.8 Å². The van der Waals surface area contributed by atoms with Gasteiger partial charge in [-0.15, -0.1) is 0 Å². The molecule has 6 nitrogen and oxygen atoms in total. The van der Waals surface area contributed by atoms with E-state index in [4.69, 9.17) is 11.6 Å². The van der Waals surface area contributed by atoms with Crippen LogP contribution in [0.5, 0.6) is 0 Å². The third-order valence-electron chi connectivity index (χ3n) is 3.28. The van der Waals surface area contributed by atoms with Gasteiger partial charge in [0, 0.05) is 17.2 Å². The van der Waals surface area contributed by atoms with E-state index < -0.39 is 20.8 Å². The van der Waals surface area contributed by atoms with Crippen LogP contribution < -0.4 is 4.72 Å². The second-order valence-electron chi connectivity index (χ2n) is 4.87. The first kappa shape index (κ1) is 17.2. The topological polar surface area (TPSA) is 89.3 Å². The maximum atomic E-state index is 13.8. The number of sulfonamides is 1. The summed E-state index contributed by atoms with van der Waals surface area (Å²) >= 11 is 5.61. The molecule has 0 saturated carbocycles. The number of benzene rings is 2. The maximum Gasteiger partial charge on any atom is 0.271 e. The fraction of sp³-hybridized carbons (Fsp3) is 0.143. The Morgan fingerprint density at radius 1 is 1.22 bits per heavy atom. The van der Waals surface area contributed by atoms with Crippen LogP contribution in [0.1, 0.15) is 11.1 Å². The number of nitro groups is 1. The van der Waals surface area contributed by atoms with Crippen molar-refractivity contribution in [2.24, 2.45) is 0 Å². The van der Waals surface area contributed by atoms with E-state index in [2.05, 4.69) is 4.72 Å². The third-order valence-corrected chi connectivity index (χ3v) is 5.01. The van der Waals surface area contributed by atoms with Crippen molar-refractivity contribution in [2.45, 2.75) is 18.7 Å². The molecule has 0 aliphatic heterocycles. The number of aryl methyl sites for hydroxylation is 1. The lowest BCUT2D eigenvalue weighted by molar-refractivity contribution is -0.385. The zero-order chi connectivity index (χ0) is 17.4. The summed E-state index contributed by atoms with van der Waals surface area (Å²) in [6.45, 7) is 3.08. The van der Waals surface area contributed by atoms with Crippen molar-refractivity contribution in [2.75, 3.05) is 4.72 Å². The first-order chi connectivity index (χ1) is 10.6. The van der Waals surface area contributed by atoms with Crippen LogP contribution in [0.2, 0.25) is 5.02 Å². The molecule has 1 N–H and O–H groups in total. The molecule has 0 unspecified atom stereocenters. The molecule has 122 valence electrons. The Hall–Kier alpha value is -2.19. The van der Waals surface area contributed by atoms with Gasteiger partial charge in [-0.2, -0.15) is 0 Å². The molecular weight excluding hydrogens is 347 g/mol. The van der Waals surface area contributed by atoms with Crippen molar-refractivity contribution in [3.8, 4) is 0 Å². The summed E-state index contributed by atoms with van der Waals surface area (Å²) in [6.07, 6.45) is 0. The molecule has 9 heteroatoms. The fourth-order valence-corrected chi connectivity index (χ4v) is 3.53. The van der Waals surface area contributed by atoms with Gasteiger partial charge in [0.15, 0.2) is 0 Å². The van der Waals surface area contributed by atoms with Gasteiger partial charge in [0.05, 0.1) is 15.5 Å². The Labute approximate surface area is 137 Å². The standard InChI is InChI=1S/C14H12ClFN2O4S/c1-8-5-11(18(19)20)7-14(9(8)2)23(21,22)17-13-4-3-10(15)6-12(13)16/h3-7,17H,1-2H3. The van der Waals surface area contributed by atoms with Crippen LogP contribution in [0.25, 0.3) is 0 Å². The van der Waals surface area contributed by atoms with Gasteiger partial charge in [-0.1, -0.05) is 11.6 Å². The van der Waals surface area contributed by atoms with Crippen molar-refractivity contribution in [3.63, 3.8) is 0 Å². The maximum absolute atomic E-state index is 13.8. The lowest BCUT2D eigenvalue weighted by Crippen LogP contribution is -2.16. The molecule has 2 aromatic carbocycles. The van der Waals surface area contributed by atoms with E-state index >= 15 is 0 Å². The molecule has 2 rings (SSSR count). The summed E-state index contributed by atoms with van der Waals surface area (Å²) in [4.78, 5) is 9.94. The minimum Gasteiger partial charge on any atom is -0.277 e. The average molecular weight is 359 g/mol. The second-order valence-corrected chi connectivity index (χ2v) is 6.96. The van der Waals surface area contributed by atoms with Crippen LogP contribution >= 0.6 is 11.6 Å². The van der Waals surface area contributed by atoms with Gasteiger partial charge in [-0.05, 0) is 43.2 Å². The Kier molecular flexibility index (Phi) is 4.58. The van der Waals surface area contributed by atoms with Gasteiger partial charge in [0.1, 0.15) is 5.82 Å². The number of nitro benzene ring substituents is 1. The molecule has 0 atom stereocenters. The number of hydrogen-bond donors (Lipinski definition) is 1. The number of halogens is 2. The molecule has 0 fully saturated rings. The predicted octanol–water partition coefficient (Wildman–Crippen LogP) is 3.80. The van der Waals surface area contributed by atoms with Crippen molar-refractivity contribution >= 4 is 33.0 Å². The van der Waals surface area contributed by atoms with Crippen LogP contribution in [0, 0.1) is 29.8 Å². The molecule has 0 saturated heterocycles. The summed E-state index contributed by atoms with van der Waals surface area (Å²) in [7, 11) is -4.20. The predicted molar refractivity (Wildman–Crippen MR) is 84.8 cm³/mol. The van der Waals surface area contributed by atoms with Gasteiger partial charge in [0.25, 0.3) is 15.7 Å². The molecule has 0 bridgehead atoms. The highest BCUT2D eigenvalue weighted by molar-refractivity contribution is 7.92. The summed E-state index contributed by atoms with van der Waals surface area (Å²) in [6, 6.07) is 5.68. The molecule has 0 radical (unpaired) electrons. The van der Waals surface area contributed by atoms with E-state index in [0.29, 0.717) is 11.1 Å². The fourth-order valence-electron chi connectivity index (χ4n) is 1.97. The number of rotatable bonds is 4. The Balaban J connectivity index is 2.53. The van der Waals surface area contributed by atoms with E-state index in [1.165, 1.54) is 25.1 Å². The number of non-ortho nitro benzene ring substituents is 1. The van der Waals surface area contributed by atoms with Gasteiger partial charge in [0.2, 0.25) is 0 Å². The molecule has 0 aliphatic carbocycles. The van der Waals surface area contributed by atoms with Crippen LogP contribution in [0.4, 0.5) is 15.8 Å². The Bertz CT molecular complexity index is 900. The van der Waals surface area contributed by atoms with Gasteiger partial charge >= 0.3 is 0 Å². The molecule has 0 aromatic heterocycles. The zero-order valence-electron chi connectivity index (χ0n) is 12.1. The first-order valence-corrected chi connectivity index (χ1v) is 8.21. The van der Waals surface area contributed by atoms with Crippen LogP contribution in [0.3, 0.4) is 0 Å². The SMILES string of the molecule is Cc1cc([N+](=O)[O-])cc(S(=O)(=O)Nc2ccc(Cl)cc2F)c1C. The summed E-state index contributed by atoms with van der Waals surface area (Å²) < 4.78 is 40.8. The lowest BCUT2D eigenvalue weighted by atomic mass is 10.1. The van der Waals surface area contributed by atoms with Gasteiger partial charge in [-0.25, -0.2) is 12.8 Å².